The van der Waals surface area contributed by atoms with Crippen LogP contribution in [0.2, 0.25) is 0 Å². The van der Waals surface area contributed by atoms with Crippen LogP contribution in [-0.2, 0) is 14.6 Å². The Morgan fingerprint density at radius 3 is 1.95 bits per heavy atom. The molecule has 1 aromatic rings. The van der Waals surface area contributed by atoms with Crippen LogP contribution in [-0.4, -0.2) is 44.2 Å². The average Bonchev–Trinajstić information content (AvgIpc) is 2.37. The molecule has 0 aliphatic carbocycles. The molecule has 0 atom stereocenters. The van der Waals surface area contributed by atoms with Crippen molar-refractivity contribution in [3.05, 3.63) is 24.3 Å². The zero-order valence-corrected chi connectivity index (χ0v) is 14.0. The summed E-state index contributed by atoms with van der Waals surface area (Å²) in [5.74, 6) is -0.322. The van der Waals surface area contributed by atoms with Crippen LogP contribution in [0.5, 0.6) is 5.75 Å². The second-order valence-electron chi connectivity index (χ2n) is 5.42. The maximum Gasteiger partial charge on any atom is 0.238 e. The maximum atomic E-state index is 12.3. The van der Waals surface area contributed by atoms with Gasteiger partial charge < -0.3 is 9.64 Å². The summed E-state index contributed by atoms with van der Waals surface area (Å²) in [7, 11) is -2.13. The van der Waals surface area contributed by atoms with Gasteiger partial charge in [0.05, 0.1) is 12.0 Å². The summed E-state index contributed by atoms with van der Waals surface area (Å²) >= 11 is 0. The van der Waals surface area contributed by atoms with Gasteiger partial charge in [0.25, 0.3) is 0 Å². The highest BCUT2D eigenvalue weighted by molar-refractivity contribution is 7.92. The first kappa shape index (κ1) is 17.5. The average molecular weight is 313 g/mol. The summed E-state index contributed by atoms with van der Waals surface area (Å²) in [5, 5.41) is 0. The van der Waals surface area contributed by atoms with Gasteiger partial charge in [-0.3, -0.25) is 4.79 Å². The van der Waals surface area contributed by atoms with Crippen LogP contribution in [0, 0.1) is 0 Å². The van der Waals surface area contributed by atoms with Gasteiger partial charge in [-0.05, 0) is 52.0 Å². The van der Waals surface area contributed by atoms with Crippen LogP contribution < -0.4 is 4.74 Å². The molecule has 0 radical (unpaired) electrons. The molecule has 0 aliphatic heterocycles. The van der Waals surface area contributed by atoms with Crippen molar-refractivity contribution in [2.24, 2.45) is 0 Å². The molecule has 1 rings (SSSR count). The summed E-state index contributed by atoms with van der Waals surface area (Å²) in [6, 6.07) is 5.97. The maximum absolute atomic E-state index is 12.3. The number of nitrogens with zero attached hydrogens (tertiary/aromatic N) is 1. The number of carbonyl (C=O) groups is 1. The third-order valence-corrected chi connectivity index (χ3v) is 4.75. The summed E-state index contributed by atoms with van der Waals surface area (Å²) in [6.45, 7) is 7.49. The second-order valence-corrected chi connectivity index (χ2v) is 7.41. The van der Waals surface area contributed by atoms with Crippen LogP contribution in [0.25, 0.3) is 0 Å². The van der Waals surface area contributed by atoms with E-state index in [0.29, 0.717) is 5.75 Å². The number of carbonyl (C=O) groups excluding carboxylic acids is 1. The van der Waals surface area contributed by atoms with Gasteiger partial charge in [0.15, 0.2) is 9.84 Å². The smallest absolute Gasteiger partial charge is 0.238 e. The quantitative estimate of drug-likeness (QED) is 0.807. The number of methoxy groups -OCH3 is 1. The van der Waals surface area contributed by atoms with E-state index in [0.717, 1.165) is 0 Å². The molecule has 0 saturated carbocycles. The summed E-state index contributed by atoms with van der Waals surface area (Å²) in [5.41, 5.74) is 0. The van der Waals surface area contributed by atoms with Gasteiger partial charge in [-0.1, -0.05) is 0 Å². The van der Waals surface area contributed by atoms with Crippen molar-refractivity contribution in [3.8, 4) is 5.75 Å². The molecule has 0 saturated heterocycles. The standard InChI is InChI=1S/C15H23NO4S/c1-11(2)16(12(3)4)15(17)10-21(18,19)14-8-6-13(20-5)7-9-14/h6-9,11-12H,10H2,1-5H3. The Kier molecular flexibility index (Phi) is 5.78. The highest BCUT2D eigenvalue weighted by Crippen LogP contribution is 2.18. The van der Waals surface area contributed by atoms with E-state index in [1.54, 1.807) is 17.0 Å². The third kappa shape index (κ3) is 4.46. The summed E-state index contributed by atoms with van der Waals surface area (Å²) in [4.78, 5) is 14.0. The lowest BCUT2D eigenvalue weighted by atomic mass is 10.2. The lowest BCUT2D eigenvalue weighted by Crippen LogP contribution is -2.44. The SMILES string of the molecule is COc1ccc(S(=O)(=O)CC(=O)N(C(C)C)C(C)C)cc1. The van der Waals surface area contributed by atoms with Gasteiger partial charge in [-0.2, -0.15) is 0 Å². The van der Waals surface area contributed by atoms with Crippen molar-refractivity contribution in [1.82, 2.24) is 4.90 Å². The molecule has 0 heterocycles. The first-order valence-corrected chi connectivity index (χ1v) is 8.52. The van der Waals surface area contributed by atoms with Crippen molar-refractivity contribution < 1.29 is 17.9 Å². The molecular formula is C15H23NO4S. The molecule has 0 unspecified atom stereocenters. The highest BCUT2D eigenvalue weighted by Gasteiger charge is 2.26. The number of rotatable bonds is 6. The van der Waals surface area contributed by atoms with Crippen molar-refractivity contribution in [3.63, 3.8) is 0 Å². The largest absolute Gasteiger partial charge is 0.497 e. The summed E-state index contributed by atoms with van der Waals surface area (Å²) < 4.78 is 29.6. The van der Waals surface area contributed by atoms with Crippen molar-refractivity contribution in [2.45, 2.75) is 44.7 Å². The Labute approximate surface area is 126 Å². The minimum absolute atomic E-state index is 0.0384. The number of hydrogen-bond acceptors (Lipinski definition) is 4. The van der Waals surface area contributed by atoms with E-state index >= 15 is 0 Å². The van der Waals surface area contributed by atoms with E-state index < -0.39 is 15.6 Å². The Balaban J connectivity index is 2.95. The van der Waals surface area contributed by atoms with Gasteiger partial charge in [-0.15, -0.1) is 0 Å². The molecule has 5 nitrogen and oxygen atoms in total. The first-order valence-electron chi connectivity index (χ1n) is 6.87. The molecule has 0 aromatic heterocycles. The number of benzene rings is 1. The molecular weight excluding hydrogens is 290 g/mol. The number of ether oxygens (including phenoxy) is 1. The van der Waals surface area contributed by atoms with Gasteiger partial charge in [-0.25, -0.2) is 8.42 Å². The molecule has 1 amide bonds. The minimum atomic E-state index is -3.64. The molecule has 1 aromatic carbocycles. The van der Waals surface area contributed by atoms with Crippen molar-refractivity contribution in [1.29, 1.82) is 0 Å². The molecule has 0 fully saturated rings. The molecule has 0 bridgehead atoms. The number of amides is 1. The number of hydrogen-bond donors (Lipinski definition) is 0. The lowest BCUT2D eigenvalue weighted by Gasteiger charge is -2.30. The van der Waals surface area contributed by atoms with Crippen LogP contribution >= 0.6 is 0 Å². The fraction of sp³-hybridized carbons (Fsp3) is 0.533. The topological polar surface area (TPSA) is 63.7 Å². The minimum Gasteiger partial charge on any atom is -0.497 e. The normalized spacial score (nSPS) is 11.8. The van der Waals surface area contributed by atoms with E-state index in [1.165, 1.54) is 19.2 Å². The van der Waals surface area contributed by atoms with Gasteiger partial charge in [0.2, 0.25) is 5.91 Å². The molecule has 0 aliphatic rings. The van der Waals surface area contributed by atoms with E-state index in [9.17, 15) is 13.2 Å². The fourth-order valence-corrected chi connectivity index (χ4v) is 3.47. The van der Waals surface area contributed by atoms with Crippen molar-refractivity contribution in [2.75, 3.05) is 12.9 Å². The van der Waals surface area contributed by atoms with Gasteiger partial charge in [0, 0.05) is 12.1 Å². The van der Waals surface area contributed by atoms with E-state index in [1.807, 2.05) is 27.7 Å². The second kappa shape index (κ2) is 6.93. The van der Waals surface area contributed by atoms with Crippen LogP contribution in [0.3, 0.4) is 0 Å². The predicted molar refractivity (Wildman–Crippen MR) is 82.2 cm³/mol. The monoisotopic (exact) mass is 313 g/mol. The van der Waals surface area contributed by atoms with Crippen LogP contribution in [0.1, 0.15) is 27.7 Å². The zero-order valence-electron chi connectivity index (χ0n) is 13.2. The predicted octanol–water partition coefficient (Wildman–Crippen LogP) is 2.11. The Bertz CT molecular complexity index is 568. The zero-order chi connectivity index (χ0) is 16.2. The third-order valence-electron chi connectivity index (χ3n) is 3.13. The van der Waals surface area contributed by atoms with E-state index in [-0.39, 0.29) is 22.9 Å². The molecule has 0 spiro atoms. The number of sulfone groups is 1. The van der Waals surface area contributed by atoms with Crippen LogP contribution in [0.15, 0.2) is 29.2 Å². The van der Waals surface area contributed by atoms with Gasteiger partial charge >= 0.3 is 0 Å². The van der Waals surface area contributed by atoms with Crippen molar-refractivity contribution >= 4 is 15.7 Å². The molecule has 21 heavy (non-hydrogen) atoms. The van der Waals surface area contributed by atoms with E-state index in [2.05, 4.69) is 0 Å². The van der Waals surface area contributed by atoms with Gasteiger partial charge in [0.1, 0.15) is 11.5 Å². The fourth-order valence-electron chi connectivity index (χ4n) is 2.28. The molecule has 0 N–H and O–H groups in total. The highest BCUT2D eigenvalue weighted by atomic mass is 32.2. The molecule has 6 heteroatoms. The Morgan fingerprint density at radius 1 is 1.10 bits per heavy atom. The lowest BCUT2D eigenvalue weighted by molar-refractivity contribution is -0.131. The Hall–Kier alpha value is -1.56. The molecule has 118 valence electrons. The Morgan fingerprint density at radius 2 is 1.57 bits per heavy atom. The van der Waals surface area contributed by atoms with Crippen LogP contribution in [0.4, 0.5) is 0 Å². The first-order chi connectivity index (χ1) is 9.69. The summed E-state index contributed by atoms with van der Waals surface area (Å²) in [6.07, 6.45) is 0. The van der Waals surface area contributed by atoms with E-state index in [4.69, 9.17) is 4.74 Å².